The second kappa shape index (κ2) is 9.77. The summed E-state index contributed by atoms with van der Waals surface area (Å²) in [5, 5.41) is 12.6. The number of fused-ring (bicyclic) bond motifs is 1. The van der Waals surface area contributed by atoms with Gasteiger partial charge in [0.2, 0.25) is 5.91 Å². The van der Waals surface area contributed by atoms with Crippen molar-refractivity contribution in [3.05, 3.63) is 108 Å². The fourth-order valence-electron chi connectivity index (χ4n) is 6.33. The minimum absolute atomic E-state index is 0.0326. The van der Waals surface area contributed by atoms with Crippen molar-refractivity contribution in [1.82, 2.24) is 9.80 Å². The molecule has 1 spiro atoms. The van der Waals surface area contributed by atoms with E-state index in [1.54, 1.807) is 11.0 Å². The first-order chi connectivity index (χ1) is 18.0. The Balaban J connectivity index is 1.30. The van der Waals surface area contributed by atoms with Crippen molar-refractivity contribution >= 4 is 16.9 Å². The lowest BCUT2D eigenvalue weighted by Gasteiger charge is -2.52. The third-order valence-electron chi connectivity index (χ3n) is 7.91. The summed E-state index contributed by atoms with van der Waals surface area (Å²) < 4.78 is 20.1. The first-order valence-electron chi connectivity index (χ1n) is 13.0. The average molecular weight is 499 g/mol. The van der Waals surface area contributed by atoms with Gasteiger partial charge in [0.1, 0.15) is 17.2 Å². The van der Waals surface area contributed by atoms with Gasteiger partial charge in [-0.1, -0.05) is 60.7 Å². The van der Waals surface area contributed by atoms with Gasteiger partial charge in [0.05, 0.1) is 24.1 Å². The monoisotopic (exact) mass is 498 g/mol. The predicted molar refractivity (Wildman–Crippen MR) is 140 cm³/mol. The van der Waals surface area contributed by atoms with Crippen LogP contribution in [0.2, 0.25) is 0 Å². The number of benzene rings is 3. The highest BCUT2D eigenvalue weighted by Crippen LogP contribution is 2.46. The average Bonchev–Trinajstić information content (AvgIpc) is 3.30. The van der Waals surface area contributed by atoms with Crippen molar-refractivity contribution in [3.63, 3.8) is 0 Å². The van der Waals surface area contributed by atoms with Crippen molar-refractivity contribution < 1.29 is 18.7 Å². The van der Waals surface area contributed by atoms with Gasteiger partial charge < -0.3 is 14.4 Å². The highest BCUT2D eigenvalue weighted by molar-refractivity contribution is 5.85. The number of hydrogen-bond donors (Lipinski definition) is 1. The molecular formula is C31H31FN2O3. The maximum atomic E-state index is 14.3. The van der Waals surface area contributed by atoms with E-state index >= 15 is 0 Å². The van der Waals surface area contributed by atoms with Gasteiger partial charge >= 0.3 is 0 Å². The van der Waals surface area contributed by atoms with Crippen LogP contribution in [-0.4, -0.2) is 40.0 Å². The van der Waals surface area contributed by atoms with Crippen LogP contribution in [0.5, 0.6) is 0 Å². The Labute approximate surface area is 216 Å². The molecule has 1 aromatic heterocycles. The predicted octanol–water partition coefficient (Wildman–Crippen LogP) is 5.69. The lowest BCUT2D eigenvalue weighted by atomic mass is 9.69. The topological polar surface area (TPSA) is 56.9 Å². The molecule has 190 valence electrons. The standard InChI is InChI=1S/C31H31FN2O3/c32-25-12-6-8-22(16-25)19-34-29(23-9-2-1-3-10-23)27(35)18-31(30(34)36)14-7-15-33(21-31)20-26-17-24-11-4-5-13-28(24)37-26/h1-6,8-13,16-17,27,29,35H,7,14-15,18-21H2/t27-,29+,31+/m1/s1. The van der Waals surface area contributed by atoms with Crippen LogP contribution in [0.4, 0.5) is 4.39 Å². The Morgan fingerprint density at radius 1 is 0.973 bits per heavy atom. The summed E-state index contributed by atoms with van der Waals surface area (Å²) >= 11 is 0. The van der Waals surface area contributed by atoms with Gasteiger partial charge in [0.25, 0.3) is 0 Å². The molecule has 5 nitrogen and oxygen atoms in total. The van der Waals surface area contributed by atoms with Crippen LogP contribution >= 0.6 is 0 Å². The van der Waals surface area contributed by atoms with Gasteiger partial charge in [-0.2, -0.15) is 0 Å². The van der Waals surface area contributed by atoms with Crippen LogP contribution in [0.15, 0.2) is 89.3 Å². The van der Waals surface area contributed by atoms with Crippen molar-refractivity contribution in [2.24, 2.45) is 5.41 Å². The van der Waals surface area contributed by atoms with E-state index in [2.05, 4.69) is 11.0 Å². The zero-order valence-corrected chi connectivity index (χ0v) is 20.7. The maximum absolute atomic E-state index is 14.3. The molecule has 2 saturated heterocycles. The highest BCUT2D eigenvalue weighted by Gasteiger charge is 2.53. The van der Waals surface area contributed by atoms with Crippen molar-refractivity contribution in [3.8, 4) is 0 Å². The second-order valence-corrected chi connectivity index (χ2v) is 10.5. The summed E-state index contributed by atoms with van der Waals surface area (Å²) in [4.78, 5) is 18.4. The quantitative estimate of drug-likeness (QED) is 0.384. The van der Waals surface area contributed by atoms with E-state index in [-0.39, 0.29) is 18.3 Å². The SMILES string of the molecule is O=C1N(Cc2cccc(F)c2)[C@@H](c2ccccc2)[C@H](O)C[C@]12CCCN(Cc1cc3ccccc3o1)C2. The smallest absolute Gasteiger partial charge is 0.231 e. The van der Waals surface area contributed by atoms with E-state index in [4.69, 9.17) is 4.42 Å². The number of amides is 1. The minimum atomic E-state index is -0.722. The van der Waals surface area contributed by atoms with Gasteiger partial charge in [-0.3, -0.25) is 9.69 Å². The minimum Gasteiger partial charge on any atom is -0.460 e. The van der Waals surface area contributed by atoms with E-state index in [9.17, 15) is 14.3 Å². The molecule has 0 saturated carbocycles. The lowest BCUT2D eigenvalue weighted by Crippen LogP contribution is -2.60. The third kappa shape index (κ3) is 4.67. The number of carbonyl (C=O) groups is 1. The summed E-state index contributed by atoms with van der Waals surface area (Å²) in [5.74, 6) is 0.578. The van der Waals surface area contributed by atoms with Crippen molar-refractivity contribution in [1.29, 1.82) is 0 Å². The molecule has 6 heteroatoms. The Kier molecular flexibility index (Phi) is 6.31. The Morgan fingerprint density at radius 3 is 2.59 bits per heavy atom. The second-order valence-electron chi connectivity index (χ2n) is 10.5. The number of aliphatic hydroxyl groups is 1. The van der Waals surface area contributed by atoms with Crippen LogP contribution in [0.25, 0.3) is 11.0 Å². The molecule has 6 rings (SSSR count). The number of furan rings is 1. The van der Waals surface area contributed by atoms with E-state index in [1.165, 1.54) is 12.1 Å². The normalized spacial score (nSPS) is 24.7. The van der Waals surface area contributed by atoms with Gasteiger partial charge in [0.15, 0.2) is 0 Å². The van der Waals surface area contributed by atoms with Gasteiger partial charge in [-0.15, -0.1) is 0 Å². The number of piperidine rings is 2. The van der Waals surface area contributed by atoms with E-state index in [1.807, 2.05) is 60.7 Å². The summed E-state index contributed by atoms with van der Waals surface area (Å²) in [7, 11) is 0. The highest BCUT2D eigenvalue weighted by atomic mass is 19.1. The molecule has 2 aliphatic rings. The van der Waals surface area contributed by atoms with Crippen LogP contribution in [0, 0.1) is 11.2 Å². The zero-order valence-electron chi connectivity index (χ0n) is 20.7. The Hall–Kier alpha value is -3.48. The van der Waals surface area contributed by atoms with E-state index < -0.39 is 17.6 Å². The molecule has 0 radical (unpaired) electrons. The van der Waals surface area contributed by atoms with Crippen LogP contribution in [0.3, 0.4) is 0 Å². The molecule has 3 atom stereocenters. The first-order valence-corrected chi connectivity index (χ1v) is 13.0. The Morgan fingerprint density at radius 2 is 1.78 bits per heavy atom. The zero-order chi connectivity index (χ0) is 25.4. The molecule has 0 bridgehead atoms. The lowest BCUT2D eigenvalue weighted by molar-refractivity contribution is -0.166. The van der Waals surface area contributed by atoms with Crippen LogP contribution < -0.4 is 0 Å². The molecule has 3 heterocycles. The van der Waals surface area contributed by atoms with Crippen LogP contribution in [-0.2, 0) is 17.9 Å². The number of halogens is 1. The van der Waals surface area contributed by atoms with Gasteiger partial charge in [-0.05, 0) is 61.2 Å². The summed E-state index contributed by atoms with van der Waals surface area (Å²) in [6.07, 6.45) is 1.27. The molecule has 4 aromatic rings. The molecular weight excluding hydrogens is 467 g/mol. The van der Waals surface area contributed by atoms with Crippen molar-refractivity contribution in [2.45, 2.75) is 44.5 Å². The fraction of sp³-hybridized carbons (Fsp3) is 0.323. The molecule has 2 aliphatic heterocycles. The molecule has 1 N–H and O–H groups in total. The van der Waals surface area contributed by atoms with E-state index in [0.29, 0.717) is 25.1 Å². The fourth-order valence-corrected chi connectivity index (χ4v) is 6.33. The number of hydrogen-bond acceptors (Lipinski definition) is 4. The maximum Gasteiger partial charge on any atom is 0.231 e. The van der Waals surface area contributed by atoms with E-state index in [0.717, 1.165) is 41.7 Å². The molecule has 0 unspecified atom stereocenters. The number of carbonyl (C=O) groups excluding carboxylic acids is 1. The summed E-state index contributed by atoms with van der Waals surface area (Å²) in [6.45, 7) is 2.29. The van der Waals surface area contributed by atoms with Gasteiger partial charge in [-0.25, -0.2) is 4.39 Å². The van der Waals surface area contributed by atoms with Gasteiger partial charge in [0, 0.05) is 18.5 Å². The van der Waals surface area contributed by atoms with Crippen LogP contribution in [0.1, 0.15) is 42.2 Å². The number of likely N-dealkylation sites (tertiary alicyclic amines) is 2. The summed E-state index contributed by atoms with van der Waals surface area (Å²) in [6, 6.07) is 25.6. The number of rotatable bonds is 5. The number of aliphatic hydroxyl groups excluding tert-OH is 1. The first kappa shape index (κ1) is 23.9. The van der Waals surface area contributed by atoms with Crippen molar-refractivity contribution in [2.75, 3.05) is 13.1 Å². The molecule has 37 heavy (non-hydrogen) atoms. The Bertz CT molecular complexity index is 1370. The third-order valence-corrected chi connectivity index (χ3v) is 7.91. The largest absolute Gasteiger partial charge is 0.460 e. The number of nitrogens with zero attached hydrogens (tertiary/aromatic N) is 2. The molecule has 1 amide bonds. The molecule has 3 aromatic carbocycles. The molecule has 2 fully saturated rings. The number of para-hydroxylation sites is 1. The molecule has 0 aliphatic carbocycles. The summed E-state index contributed by atoms with van der Waals surface area (Å²) in [5.41, 5.74) is 1.78.